The van der Waals surface area contributed by atoms with E-state index in [0.717, 1.165) is 10.5 Å². The third-order valence-corrected chi connectivity index (χ3v) is 4.27. The fourth-order valence-corrected chi connectivity index (χ4v) is 2.98. The number of carbonyl (C=O) groups excluding carboxylic acids is 1. The Bertz CT molecular complexity index is 642. The summed E-state index contributed by atoms with van der Waals surface area (Å²) >= 11 is 0. The Kier molecular flexibility index (Phi) is 4.07. The molecule has 0 unspecified atom stereocenters. The van der Waals surface area contributed by atoms with Crippen molar-refractivity contribution in [3.8, 4) is 0 Å². The standard InChI is InChI=1S/C16H14O2S/c1-12-7-9-14(10-8-12)19(18)16-6-4-3-5-15(16)13(2)11-17/h3-11H,2H2,1H3/t19-/m0/s1. The van der Waals surface area contributed by atoms with Crippen LogP contribution in [0.3, 0.4) is 0 Å². The van der Waals surface area contributed by atoms with E-state index in [0.29, 0.717) is 22.3 Å². The van der Waals surface area contributed by atoms with Gasteiger partial charge in [-0.25, -0.2) is 4.21 Å². The number of carbonyl (C=O) groups is 1. The van der Waals surface area contributed by atoms with Crippen LogP contribution in [0.2, 0.25) is 0 Å². The first-order chi connectivity index (χ1) is 9.13. The maximum absolute atomic E-state index is 12.6. The Hall–Kier alpha value is -2.00. The Morgan fingerprint density at radius 3 is 2.37 bits per heavy atom. The predicted molar refractivity (Wildman–Crippen MR) is 77.4 cm³/mol. The lowest BCUT2D eigenvalue weighted by Crippen LogP contribution is -1.98. The van der Waals surface area contributed by atoms with Gasteiger partial charge in [-0.15, -0.1) is 0 Å². The highest BCUT2D eigenvalue weighted by atomic mass is 32.2. The van der Waals surface area contributed by atoms with Crippen molar-refractivity contribution in [1.29, 1.82) is 0 Å². The summed E-state index contributed by atoms with van der Waals surface area (Å²) in [5.74, 6) is 0. The molecule has 19 heavy (non-hydrogen) atoms. The van der Waals surface area contributed by atoms with Crippen LogP contribution in [0.4, 0.5) is 0 Å². The Morgan fingerprint density at radius 1 is 1.11 bits per heavy atom. The first kappa shape index (κ1) is 13.4. The van der Waals surface area contributed by atoms with Gasteiger partial charge in [0.15, 0.2) is 0 Å². The Morgan fingerprint density at radius 2 is 1.74 bits per heavy atom. The maximum Gasteiger partial charge on any atom is 0.150 e. The molecule has 0 aromatic heterocycles. The van der Waals surface area contributed by atoms with Crippen LogP contribution < -0.4 is 0 Å². The molecule has 2 aromatic carbocycles. The first-order valence-corrected chi connectivity index (χ1v) is 7.00. The van der Waals surface area contributed by atoms with Crippen LogP contribution >= 0.6 is 0 Å². The molecular weight excluding hydrogens is 256 g/mol. The normalized spacial score (nSPS) is 11.8. The number of benzene rings is 2. The van der Waals surface area contributed by atoms with Crippen molar-refractivity contribution in [2.24, 2.45) is 0 Å². The average Bonchev–Trinajstić information content (AvgIpc) is 2.46. The lowest BCUT2D eigenvalue weighted by atomic mass is 10.1. The second kappa shape index (κ2) is 5.76. The van der Waals surface area contributed by atoms with Gasteiger partial charge in [0, 0.05) is 16.0 Å². The number of hydrogen-bond donors (Lipinski definition) is 0. The van der Waals surface area contributed by atoms with Gasteiger partial charge in [0.05, 0.1) is 15.7 Å². The smallest absolute Gasteiger partial charge is 0.150 e. The third kappa shape index (κ3) is 2.88. The van der Waals surface area contributed by atoms with E-state index >= 15 is 0 Å². The molecule has 96 valence electrons. The van der Waals surface area contributed by atoms with Gasteiger partial charge in [0.2, 0.25) is 0 Å². The third-order valence-electron chi connectivity index (χ3n) is 2.81. The van der Waals surface area contributed by atoms with Crippen molar-refractivity contribution >= 4 is 22.7 Å². The summed E-state index contributed by atoms with van der Waals surface area (Å²) in [4.78, 5) is 12.2. The topological polar surface area (TPSA) is 34.1 Å². The van der Waals surface area contributed by atoms with Crippen LogP contribution in [-0.2, 0) is 15.6 Å². The van der Waals surface area contributed by atoms with Crippen molar-refractivity contribution in [3.05, 3.63) is 66.2 Å². The zero-order valence-corrected chi connectivity index (χ0v) is 11.4. The fourth-order valence-electron chi connectivity index (χ4n) is 1.75. The second-order valence-electron chi connectivity index (χ2n) is 4.22. The molecule has 2 aromatic rings. The van der Waals surface area contributed by atoms with E-state index in [1.807, 2.05) is 37.3 Å². The summed E-state index contributed by atoms with van der Waals surface area (Å²) in [5, 5.41) is 0. The zero-order chi connectivity index (χ0) is 13.8. The van der Waals surface area contributed by atoms with Crippen molar-refractivity contribution < 1.29 is 9.00 Å². The molecule has 0 fully saturated rings. The summed E-state index contributed by atoms with van der Waals surface area (Å²) < 4.78 is 12.6. The molecule has 0 aliphatic rings. The van der Waals surface area contributed by atoms with Gasteiger partial charge in [-0.2, -0.15) is 0 Å². The summed E-state index contributed by atoms with van der Waals surface area (Å²) in [6.07, 6.45) is 0.686. The number of rotatable bonds is 4. The molecule has 1 atom stereocenters. The highest BCUT2D eigenvalue weighted by Gasteiger charge is 2.13. The minimum atomic E-state index is -1.31. The molecule has 0 bridgehead atoms. The summed E-state index contributed by atoms with van der Waals surface area (Å²) in [7, 11) is -1.31. The monoisotopic (exact) mass is 270 g/mol. The van der Waals surface area contributed by atoms with Gasteiger partial charge in [-0.3, -0.25) is 4.79 Å². The van der Waals surface area contributed by atoms with E-state index in [-0.39, 0.29) is 0 Å². The molecule has 0 spiro atoms. The molecule has 2 rings (SSSR count). The Labute approximate surface area is 115 Å². The molecule has 2 nitrogen and oxygen atoms in total. The molecule has 0 radical (unpaired) electrons. The predicted octanol–water partition coefficient (Wildman–Crippen LogP) is 3.37. The maximum atomic E-state index is 12.6. The molecule has 0 amide bonds. The van der Waals surface area contributed by atoms with Crippen LogP contribution in [0.25, 0.3) is 5.57 Å². The Balaban J connectivity index is 2.47. The van der Waals surface area contributed by atoms with E-state index in [4.69, 9.17) is 0 Å². The van der Waals surface area contributed by atoms with Crippen molar-refractivity contribution in [2.45, 2.75) is 16.7 Å². The van der Waals surface area contributed by atoms with Crippen LogP contribution in [0.1, 0.15) is 11.1 Å². The highest BCUT2D eigenvalue weighted by Crippen LogP contribution is 2.24. The molecular formula is C16H14O2S. The second-order valence-corrected chi connectivity index (χ2v) is 5.67. The first-order valence-electron chi connectivity index (χ1n) is 5.85. The number of hydrogen-bond acceptors (Lipinski definition) is 2. The molecule has 0 aliphatic heterocycles. The van der Waals surface area contributed by atoms with Crippen LogP contribution in [0.5, 0.6) is 0 Å². The largest absolute Gasteiger partial charge is 0.298 e. The summed E-state index contributed by atoms with van der Waals surface area (Å²) in [6, 6.07) is 14.7. The van der Waals surface area contributed by atoms with Crippen molar-refractivity contribution in [1.82, 2.24) is 0 Å². The molecule has 0 saturated heterocycles. The van der Waals surface area contributed by atoms with Crippen molar-refractivity contribution in [3.63, 3.8) is 0 Å². The molecule has 0 aliphatic carbocycles. The number of allylic oxidation sites excluding steroid dienone is 1. The van der Waals surface area contributed by atoms with Crippen LogP contribution in [0.15, 0.2) is 64.9 Å². The summed E-state index contributed by atoms with van der Waals surface area (Å²) in [6.45, 7) is 5.67. The molecule has 0 heterocycles. The SMILES string of the molecule is C=C(C=O)c1ccccc1[S@@](=O)c1ccc(C)cc1. The van der Waals surface area contributed by atoms with Gasteiger partial charge in [-0.1, -0.05) is 42.5 Å². The molecule has 3 heteroatoms. The van der Waals surface area contributed by atoms with Crippen LogP contribution in [0, 0.1) is 6.92 Å². The minimum absolute atomic E-state index is 0.344. The minimum Gasteiger partial charge on any atom is -0.298 e. The summed E-state index contributed by atoms with van der Waals surface area (Å²) in [5.41, 5.74) is 2.10. The quantitative estimate of drug-likeness (QED) is 0.630. The van der Waals surface area contributed by atoms with Gasteiger partial charge in [-0.05, 0) is 25.1 Å². The van der Waals surface area contributed by atoms with E-state index in [9.17, 15) is 9.00 Å². The van der Waals surface area contributed by atoms with E-state index in [2.05, 4.69) is 6.58 Å². The van der Waals surface area contributed by atoms with Crippen LogP contribution in [-0.4, -0.2) is 10.5 Å². The van der Waals surface area contributed by atoms with Gasteiger partial charge in [0.1, 0.15) is 6.29 Å². The van der Waals surface area contributed by atoms with Gasteiger partial charge in [0.25, 0.3) is 0 Å². The van der Waals surface area contributed by atoms with Gasteiger partial charge < -0.3 is 0 Å². The van der Waals surface area contributed by atoms with E-state index < -0.39 is 10.8 Å². The van der Waals surface area contributed by atoms with E-state index in [1.165, 1.54) is 0 Å². The molecule has 0 N–H and O–H groups in total. The molecule has 0 saturated carbocycles. The zero-order valence-electron chi connectivity index (χ0n) is 10.6. The lowest BCUT2D eigenvalue weighted by Gasteiger charge is -2.08. The number of aryl methyl sites for hydroxylation is 1. The van der Waals surface area contributed by atoms with E-state index in [1.54, 1.807) is 18.2 Å². The van der Waals surface area contributed by atoms with Gasteiger partial charge >= 0.3 is 0 Å². The number of aldehydes is 1. The average molecular weight is 270 g/mol. The highest BCUT2D eigenvalue weighted by molar-refractivity contribution is 7.85. The lowest BCUT2D eigenvalue weighted by molar-refractivity contribution is -0.103. The van der Waals surface area contributed by atoms with Crippen molar-refractivity contribution in [2.75, 3.05) is 0 Å². The fraction of sp³-hybridized carbons (Fsp3) is 0.0625.